The lowest BCUT2D eigenvalue weighted by atomic mass is 10.0. The van der Waals surface area contributed by atoms with E-state index in [1.54, 1.807) is 14.2 Å². The molecule has 3 aromatic carbocycles. The zero-order valence-electron chi connectivity index (χ0n) is 20.0. The first-order chi connectivity index (χ1) is 17.4. The van der Waals surface area contributed by atoms with E-state index in [1.807, 2.05) is 36.4 Å². The normalized spacial score (nSPS) is 16.6. The second-order valence-corrected chi connectivity index (χ2v) is 7.65. The summed E-state index contributed by atoms with van der Waals surface area (Å²) in [6.07, 6.45) is -0.341. The minimum absolute atomic E-state index is 0.00485. The number of ether oxygens (including phenoxy) is 5. The van der Waals surface area contributed by atoms with Gasteiger partial charge in [-0.25, -0.2) is 9.59 Å². The number of carboxylic acid groups (broad SMARTS) is 2. The van der Waals surface area contributed by atoms with Crippen molar-refractivity contribution in [2.75, 3.05) is 40.5 Å². The molecular formula is C26H29NO9. The molecule has 1 aliphatic heterocycles. The summed E-state index contributed by atoms with van der Waals surface area (Å²) in [6, 6.07) is 20.1. The zero-order valence-corrected chi connectivity index (χ0v) is 20.0. The predicted molar refractivity (Wildman–Crippen MR) is 131 cm³/mol. The Hall–Kier alpha value is -3.86. The van der Waals surface area contributed by atoms with Crippen LogP contribution in [0, 0.1) is 0 Å². The molecule has 0 aliphatic carbocycles. The Morgan fingerprint density at radius 2 is 1.58 bits per heavy atom. The second-order valence-electron chi connectivity index (χ2n) is 7.65. The van der Waals surface area contributed by atoms with Crippen LogP contribution in [0.3, 0.4) is 0 Å². The Morgan fingerprint density at radius 1 is 0.944 bits per heavy atom. The number of nitrogens with one attached hydrogen (secondary N) is 1. The number of rotatable bonds is 9. The molecule has 0 radical (unpaired) electrons. The van der Waals surface area contributed by atoms with Crippen LogP contribution in [0.2, 0.25) is 0 Å². The average Bonchev–Trinajstić information content (AvgIpc) is 3.37. The van der Waals surface area contributed by atoms with Crippen molar-refractivity contribution < 1.29 is 43.5 Å². The van der Waals surface area contributed by atoms with Crippen molar-refractivity contribution >= 4 is 22.7 Å². The second kappa shape index (κ2) is 13.3. The molecule has 10 heteroatoms. The third-order valence-electron chi connectivity index (χ3n) is 5.29. The van der Waals surface area contributed by atoms with Gasteiger partial charge in [-0.1, -0.05) is 48.5 Å². The number of para-hydroxylation sites is 1. The maximum atomic E-state index is 9.10. The minimum Gasteiger partial charge on any atom is -0.493 e. The van der Waals surface area contributed by atoms with E-state index in [2.05, 4.69) is 29.6 Å². The molecule has 0 amide bonds. The minimum atomic E-state index is -1.82. The molecule has 36 heavy (non-hydrogen) atoms. The number of aliphatic carboxylic acids is 2. The monoisotopic (exact) mass is 499 g/mol. The highest BCUT2D eigenvalue weighted by molar-refractivity contribution is 6.27. The highest BCUT2D eigenvalue weighted by atomic mass is 16.7. The van der Waals surface area contributed by atoms with Gasteiger partial charge in [0.15, 0.2) is 17.8 Å². The van der Waals surface area contributed by atoms with E-state index in [9.17, 15) is 0 Å². The van der Waals surface area contributed by atoms with E-state index >= 15 is 0 Å². The SMILES string of the molecule is COc1cccc(OC)c1OCCNCC1CO[C@H](c2cccc3ccccc23)O1.O=C(O)C(=O)O. The summed E-state index contributed by atoms with van der Waals surface area (Å²) in [7, 11) is 3.23. The summed E-state index contributed by atoms with van der Waals surface area (Å²) < 4.78 is 28.6. The van der Waals surface area contributed by atoms with Gasteiger partial charge >= 0.3 is 11.9 Å². The van der Waals surface area contributed by atoms with Crippen molar-refractivity contribution in [3.63, 3.8) is 0 Å². The molecule has 0 saturated carbocycles. The first-order valence-electron chi connectivity index (χ1n) is 11.2. The van der Waals surface area contributed by atoms with Gasteiger partial charge in [0.1, 0.15) is 6.61 Å². The molecule has 10 nitrogen and oxygen atoms in total. The molecule has 2 atom stereocenters. The lowest BCUT2D eigenvalue weighted by molar-refractivity contribution is -0.159. The van der Waals surface area contributed by atoms with Crippen molar-refractivity contribution in [2.24, 2.45) is 0 Å². The van der Waals surface area contributed by atoms with Gasteiger partial charge in [-0.2, -0.15) is 0 Å². The van der Waals surface area contributed by atoms with Crippen molar-refractivity contribution in [3.8, 4) is 17.2 Å². The average molecular weight is 500 g/mol. The number of hydrogen-bond acceptors (Lipinski definition) is 8. The van der Waals surface area contributed by atoms with Crippen molar-refractivity contribution in [3.05, 3.63) is 66.2 Å². The van der Waals surface area contributed by atoms with E-state index < -0.39 is 11.9 Å². The van der Waals surface area contributed by atoms with E-state index in [1.165, 1.54) is 5.39 Å². The molecular weight excluding hydrogens is 470 g/mol. The van der Waals surface area contributed by atoms with E-state index in [4.69, 9.17) is 43.5 Å². The summed E-state index contributed by atoms with van der Waals surface area (Å²) in [5.41, 5.74) is 1.07. The fourth-order valence-electron chi connectivity index (χ4n) is 3.62. The summed E-state index contributed by atoms with van der Waals surface area (Å²) in [6.45, 7) is 2.40. The smallest absolute Gasteiger partial charge is 0.414 e. The molecule has 1 saturated heterocycles. The molecule has 3 aromatic rings. The van der Waals surface area contributed by atoms with Crippen LogP contribution in [0.4, 0.5) is 0 Å². The first-order valence-corrected chi connectivity index (χ1v) is 11.2. The van der Waals surface area contributed by atoms with Gasteiger partial charge in [0, 0.05) is 18.7 Å². The zero-order chi connectivity index (χ0) is 25.9. The van der Waals surface area contributed by atoms with Gasteiger partial charge in [-0.05, 0) is 22.9 Å². The Kier molecular flexibility index (Phi) is 9.87. The molecule has 0 aromatic heterocycles. The molecule has 0 bridgehead atoms. The topological polar surface area (TPSA) is 133 Å². The van der Waals surface area contributed by atoms with Crippen LogP contribution in [0.1, 0.15) is 11.9 Å². The third kappa shape index (κ3) is 7.08. The quantitative estimate of drug-likeness (QED) is 0.298. The maximum absolute atomic E-state index is 9.10. The number of fused-ring (bicyclic) bond motifs is 1. The Morgan fingerprint density at radius 3 is 2.25 bits per heavy atom. The summed E-state index contributed by atoms with van der Waals surface area (Å²) in [5.74, 6) is -1.73. The Labute approximate surface area is 208 Å². The Bertz CT molecular complexity index is 1130. The van der Waals surface area contributed by atoms with E-state index in [0.29, 0.717) is 43.6 Å². The van der Waals surface area contributed by atoms with E-state index in [-0.39, 0.29) is 12.4 Å². The summed E-state index contributed by atoms with van der Waals surface area (Å²) in [5, 5.41) is 20.5. The summed E-state index contributed by atoms with van der Waals surface area (Å²) >= 11 is 0. The van der Waals surface area contributed by atoms with E-state index in [0.717, 1.165) is 10.9 Å². The van der Waals surface area contributed by atoms with Crippen LogP contribution in [0.5, 0.6) is 17.2 Å². The Balaban J connectivity index is 0.000000538. The van der Waals surface area contributed by atoms with Gasteiger partial charge in [-0.15, -0.1) is 0 Å². The molecule has 1 fully saturated rings. The van der Waals surface area contributed by atoms with Crippen molar-refractivity contribution in [2.45, 2.75) is 12.4 Å². The van der Waals surface area contributed by atoms with Gasteiger partial charge in [0.05, 0.1) is 26.9 Å². The lowest BCUT2D eigenvalue weighted by Crippen LogP contribution is -2.31. The van der Waals surface area contributed by atoms with Crippen LogP contribution < -0.4 is 19.5 Å². The molecule has 0 spiro atoms. The lowest BCUT2D eigenvalue weighted by Gasteiger charge is -2.16. The molecule has 1 heterocycles. The van der Waals surface area contributed by atoms with Crippen LogP contribution in [-0.2, 0) is 19.1 Å². The van der Waals surface area contributed by atoms with Crippen LogP contribution in [0.15, 0.2) is 60.7 Å². The van der Waals surface area contributed by atoms with Crippen LogP contribution in [-0.4, -0.2) is 68.8 Å². The third-order valence-corrected chi connectivity index (χ3v) is 5.29. The highest BCUT2D eigenvalue weighted by Gasteiger charge is 2.28. The fourth-order valence-corrected chi connectivity index (χ4v) is 3.62. The number of benzene rings is 3. The van der Waals surface area contributed by atoms with Gasteiger partial charge in [-0.3, -0.25) is 0 Å². The number of hydrogen-bond donors (Lipinski definition) is 3. The number of carbonyl (C=O) groups is 2. The molecule has 1 aliphatic rings. The largest absolute Gasteiger partial charge is 0.493 e. The fraction of sp³-hybridized carbons (Fsp3) is 0.308. The number of methoxy groups -OCH3 is 2. The summed E-state index contributed by atoms with van der Waals surface area (Å²) in [4.78, 5) is 18.2. The maximum Gasteiger partial charge on any atom is 0.414 e. The van der Waals surface area contributed by atoms with Crippen LogP contribution in [0.25, 0.3) is 10.8 Å². The molecule has 192 valence electrons. The molecule has 3 N–H and O–H groups in total. The van der Waals surface area contributed by atoms with Crippen molar-refractivity contribution in [1.82, 2.24) is 5.32 Å². The molecule has 1 unspecified atom stereocenters. The standard InChI is InChI=1S/C24H27NO5.C2H2O4/c1-26-21-11-6-12-22(27-2)23(21)28-14-13-25-15-18-16-29-24(30-18)20-10-5-8-17-7-3-4-9-19(17)20;3-1(4)2(5)6/h3-12,18,24-25H,13-16H2,1-2H3;(H,3,4)(H,5,6)/t18?,24-;/m0./s1. The van der Waals surface area contributed by atoms with Gasteiger partial charge in [0.2, 0.25) is 5.75 Å². The highest BCUT2D eigenvalue weighted by Crippen LogP contribution is 2.36. The number of carboxylic acids is 2. The molecule has 4 rings (SSSR count). The van der Waals surface area contributed by atoms with Crippen molar-refractivity contribution in [1.29, 1.82) is 0 Å². The van der Waals surface area contributed by atoms with Crippen LogP contribution >= 0.6 is 0 Å². The van der Waals surface area contributed by atoms with Gasteiger partial charge in [0.25, 0.3) is 0 Å². The van der Waals surface area contributed by atoms with Gasteiger partial charge < -0.3 is 39.2 Å². The first kappa shape index (κ1) is 26.7. The predicted octanol–water partition coefficient (Wildman–Crippen LogP) is 3.10.